The predicted octanol–water partition coefficient (Wildman–Crippen LogP) is 3.15. The molecule has 1 N–H and O–H groups in total. The molecule has 0 saturated heterocycles. The lowest BCUT2D eigenvalue weighted by atomic mass is 10.1. The van der Waals surface area contributed by atoms with Crippen molar-refractivity contribution < 1.29 is 27.5 Å². The van der Waals surface area contributed by atoms with Crippen molar-refractivity contribution in [1.82, 2.24) is 14.8 Å². The minimum Gasteiger partial charge on any atom is -0.477 e. The molecule has 3 rings (SSSR count). The third-order valence-corrected chi connectivity index (χ3v) is 3.55. The van der Waals surface area contributed by atoms with E-state index in [9.17, 15) is 32.3 Å². The first-order chi connectivity index (χ1) is 12.7. The number of nitrogens with zero attached hydrogens (tertiary/aromatic N) is 3. The van der Waals surface area contributed by atoms with Crippen molar-refractivity contribution in [2.45, 2.75) is 6.18 Å². The van der Waals surface area contributed by atoms with Crippen LogP contribution >= 0.6 is 0 Å². The Morgan fingerprint density at radius 2 is 1.81 bits per heavy atom. The van der Waals surface area contributed by atoms with Crippen LogP contribution in [-0.4, -0.2) is 25.8 Å². The number of aromatic carboxylic acids is 1. The van der Waals surface area contributed by atoms with Gasteiger partial charge in [-0.3, -0.25) is 9.78 Å². The smallest absolute Gasteiger partial charge is 0.417 e. The molecular weight excluding hydrogens is 370 g/mol. The molecule has 1 aromatic carbocycles. The molecule has 0 radical (unpaired) electrons. The van der Waals surface area contributed by atoms with Crippen LogP contribution < -0.4 is 5.56 Å². The average molecular weight is 379 g/mol. The zero-order chi connectivity index (χ0) is 19.8. The summed E-state index contributed by atoms with van der Waals surface area (Å²) in [6.07, 6.45) is -4.03. The maximum absolute atomic E-state index is 13.4. The topological polar surface area (TPSA) is 85.1 Å². The molecule has 10 heteroatoms. The second-order valence-corrected chi connectivity index (χ2v) is 5.38. The van der Waals surface area contributed by atoms with E-state index in [1.807, 2.05) is 0 Å². The van der Waals surface area contributed by atoms with Gasteiger partial charge in [-0.25, -0.2) is 9.18 Å². The van der Waals surface area contributed by atoms with Crippen LogP contribution in [0.4, 0.5) is 17.6 Å². The number of pyridine rings is 1. The van der Waals surface area contributed by atoms with E-state index < -0.39 is 34.6 Å². The van der Waals surface area contributed by atoms with Gasteiger partial charge in [0.15, 0.2) is 0 Å². The van der Waals surface area contributed by atoms with Crippen LogP contribution in [0.3, 0.4) is 0 Å². The highest BCUT2D eigenvalue weighted by atomic mass is 19.4. The second kappa shape index (κ2) is 6.63. The van der Waals surface area contributed by atoms with Crippen molar-refractivity contribution in [2.75, 3.05) is 0 Å². The molecule has 0 aliphatic rings. The van der Waals surface area contributed by atoms with Crippen LogP contribution in [0.15, 0.2) is 53.5 Å². The summed E-state index contributed by atoms with van der Waals surface area (Å²) in [5, 5.41) is 13.1. The Balaban J connectivity index is 2.19. The Bertz CT molecular complexity index is 1080. The fourth-order valence-electron chi connectivity index (χ4n) is 2.27. The first-order valence-electron chi connectivity index (χ1n) is 7.34. The summed E-state index contributed by atoms with van der Waals surface area (Å²) in [5.74, 6) is -2.25. The predicted molar refractivity (Wildman–Crippen MR) is 85.0 cm³/mol. The molecule has 0 bridgehead atoms. The third-order valence-electron chi connectivity index (χ3n) is 3.55. The van der Waals surface area contributed by atoms with Gasteiger partial charge in [0.1, 0.15) is 17.1 Å². The molecule has 0 aliphatic carbocycles. The minimum absolute atomic E-state index is 0.0451. The van der Waals surface area contributed by atoms with Crippen LogP contribution in [0.2, 0.25) is 0 Å². The number of halogens is 4. The van der Waals surface area contributed by atoms with E-state index in [4.69, 9.17) is 0 Å². The van der Waals surface area contributed by atoms with Gasteiger partial charge in [0.05, 0.1) is 16.9 Å². The Hall–Kier alpha value is -3.56. The van der Waals surface area contributed by atoms with E-state index in [1.54, 1.807) is 0 Å². The highest BCUT2D eigenvalue weighted by Crippen LogP contribution is 2.29. The van der Waals surface area contributed by atoms with Gasteiger partial charge in [0, 0.05) is 6.20 Å². The third kappa shape index (κ3) is 3.68. The molecule has 0 atom stereocenters. The number of alkyl halides is 3. The number of carbonyl (C=O) groups is 1. The highest BCUT2D eigenvalue weighted by Gasteiger charge is 2.30. The maximum Gasteiger partial charge on any atom is 0.417 e. The molecule has 138 valence electrons. The van der Waals surface area contributed by atoms with Crippen LogP contribution in [0, 0.1) is 5.82 Å². The van der Waals surface area contributed by atoms with Gasteiger partial charge in [0.2, 0.25) is 0 Å². The summed E-state index contributed by atoms with van der Waals surface area (Å²) >= 11 is 0. The fourth-order valence-corrected chi connectivity index (χ4v) is 2.27. The minimum atomic E-state index is -4.59. The monoisotopic (exact) mass is 379 g/mol. The van der Waals surface area contributed by atoms with E-state index >= 15 is 0 Å². The number of hydrogen-bond acceptors (Lipinski definition) is 4. The number of aromatic nitrogens is 3. The Morgan fingerprint density at radius 3 is 2.37 bits per heavy atom. The Kier molecular flexibility index (Phi) is 4.48. The lowest BCUT2D eigenvalue weighted by Crippen LogP contribution is -2.28. The van der Waals surface area contributed by atoms with Crippen molar-refractivity contribution in [2.24, 2.45) is 0 Å². The molecule has 27 heavy (non-hydrogen) atoms. The molecule has 0 unspecified atom stereocenters. The zero-order valence-corrected chi connectivity index (χ0v) is 13.2. The Labute approximate surface area is 148 Å². The first-order valence-corrected chi connectivity index (χ1v) is 7.34. The number of hydrogen-bond donors (Lipinski definition) is 1. The van der Waals surface area contributed by atoms with E-state index in [-0.39, 0.29) is 17.1 Å². The van der Waals surface area contributed by atoms with Crippen molar-refractivity contribution in [3.05, 3.63) is 76.0 Å². The van der Waals surface area contributed by atoms with Crippen molar-refractivity contribution >= 4 is 5.97 Å². The molecular formula is C17H9F4N3O3. The van der Waals surface area contributed by atoms with Gasteiger partial charge in [-0.2, -0.15) is 23.0 Å². The normalized spacial score (nSPS) is 11.4. The number of carboxylic acid groups (broad SMARTS) is 1. The van der Waals surface area contributed by atoms with Crippen LogP contribution in [0.1, 0.15) is 15.9 Å². The van der Waals surface area contributed by atoms with Crippen molar-refractivity contribution in [3.8, 4) is 17.1 Å². The quantitative estimate of drug-likeness (QED) is 0.707. The lowest BCUT2D eigenvalue weighted by Gasteiger charge is -2.10. The number of carboxylic acids is 1. The summed E-state index contributed by atoms with van der Waals surface area (Å²) in [7, 11) is 0. The summed E-state index contributed by atoms with van der Waals surface area (Å²) in [5.41, 5.74) is -3.00. The molecule has 0 saturated carbocycles. The van der Waals surface area contributed by atoms with E-state index in [1.165, 1.54) is 12.1 Å². The van der Waals surface area contributed by atoms with Crippen molar-refractivity contribution in [1.29, 1.82) is 0 Å². The van der Waals surface area contributed by atoms with Gasteiger partial charge in [-0.05, 0) is 36.4 Å². The second-order valence-electron chi connectivity index (χ2n) is 5.38. The number of benzene rings is 1. The van der Waals surface area contributed by atoms with Gasteiger partial charge in [0.25, 0.3) is 5.56 Å². The first kappa shape index (κ1) is 18.2. The van der Waals surface area contributed by atoms with Crippen LogP contribution in [0.25, 0.3) is 17.1 Å². The molecule has 0 fully saturated rings. The largest absolute Gasteiger partial charge is 0.477 e. The zero-order valence-electron chi connectivity index (χ0n) is 13.2. The van der Waals surface area contributed by atoms with Gasteiger partial charge >= 0.3 is 12.1 Å². The van der Waals surface area contributed by atoms with Crippen LogP contribution in [-0.2, 0) is 6.18 Å². The molecule has 2 heterocycles. The lowest BCUT2D eigenvalue weighted by molar-refractivity contribution is -0.137. The SMILES string of the molecule is O=C(O)c1cc(-c2ccc(C(F)(F)F)cn2)nn(-c2cccc(F)c2)c1=O. The standard InChI is InChI=1S/C17H9F4N3O3/c18-10-2-1-3-11(6-10)24-15(25)12(16(26)27)7-14(23-24)13-5-4-9(8-22-13)17(19,20)21/h1-8H,(H,26,27). The summed E-state index contributed by atoms with van der Waals surface area (Å²) in [4.78, 5) is 27.3. The van der Waals surface area contributed by atoms with E-state index in [2.05, 4.69) is 10.1 Å². The molecule has 0 spiro atoms. The maximum atomic E-state index is 13.4. The molecule has 2 aromatic heterocycles. The van der Waals surface area contributed by atoms with Gasteiger partial charge < -0.3 is 5.11 Å². The van der Waals surface area contributed by atoms with E-state index in [0.29, 0.717) is 10.9 Å². The summed E-state index contributed by atoms with van der Waals surface area (Å²) < 4.78 is 52.1. The average Bonchev–Trinajstić information content (AvgIpc) is 2.61. The molecule has 0 amide bonds. The van der Waals surface area contributed by atoms with Gasteiger partial charge in [-0.1, -0.05) is 6.07 Å². The highest BCUT2D eigenvalue weighted by molar-refractivity contribution is 5.88. The number of rotatable bonds is 3. The van der Waals surface area contributed by atoms with E-state index in [0.717, 1.165) is 30.3 Å². The molecule has 3 aromatic rings. The summed E-state index contributed by atoms with van der Waals surface area (Å²) in [6, 6.07) is 7.35. The fraction of sp³-hybridized carbons (Fsp3) is 0.0588. The Morgan fingerprint density at radius 1 is 1.07 bits per heavy atom. The molecule has 6 nitrogen and oxygen atoms in total. The van der Waals surface area contributed by atoms with Crippen molar-refractivity contribution in [3.63, 3.8) is 0 Å². The van der Waals surface area contributed by atoms with Gasteiger partial charge in [-0.15, -0.1) is 0 Å². The molecule has 0 aliphatic heterocycles. The van der Waals surface area contributed by atoms with Crippen LogP contribution in [0.5, 0.6) is 0 Å². The summed E-state index contributed by atoms with van der Waals surface area (Å²) in [6.45, 7) is 0.